The van der Waals surface area contributed by atoms with Crippen molar-refractivity contribution < 1.29 is 43.2 Å². The number of ether oxygens (including phenoxy) is 4. The predicted molar refractivity (Wildman–Crippen MR) is 466 cm³/mol. The SMILES string of the molecule is C1CCCCC1.CC.CC.CC.CC.COc1ccc(C(=O)Nc2ccc(-c3cn4ccccc4n3)cc2)c(CN2CCCCC2)c1.COc1ccc(C(=O)O)c(CN2CCCCC2)c1.COc1ccc(C(C)=O)c(CBr)c1.COc1ccc(C(C)=O)c(CN2CCCCC2)c1.Nc1ccc(-c2cn3ccccc3n2)cc1. The standard InChI is InChI=1S/C27H28N4O2.C15H21NO2.C14H19NO3.C13H11N3.C10H11BrO2.C6H12.4C2H6/c1-33-23-12-13-24(21(17-23)18-30-14-4-2-5-15-30)27(32)28-22-10-8-20(9-11-22)25-19-31-16-6-3-7-26(31)29-25;1-12(17)15-7-6-14(18-2)10-13(15)11-16-8-4-3-5-9-16;1-18-12-5-6-13(14(16)17)11(9-12)10-15-7-3-2-4-8-15;14-11-6-4-10(5-7-11)12-9-16-8-2-1-3-13(16)15-12;1-7(12)10-4-3-9(13-2)5-8(10)6-11;1-2-4-6-5-3-1;4*1-2/h3,6-13,16-17,19H,2,4-5,14-15,18H2,1H3,(H,28,32);6-7,10H,3-5,8-9,11H2,1-2H3;5-6,9H,2-4,7-8,10H2,1H3,(H,16,17);1-9H,14H2;3-5H,6H2,1-2H3;1-6H2;4*1-2H3. The molecule has 14 rings (SSSR count). The fraction of sp³-hybridized carbons (Fsp3) is 0.419. The molecule has 0 unspecified atom stereocenters. The maximum Gasteiger partial charge on any atom is 0.336 e. The molecule has 4 N–H and O–H groups in total. The number of nitrogens with zero attached hydrogens (tertiary/aromatic N) is 7. The molecule has 7 heterocycles. The minimum atomic E-state index is -0.871. The van der Waals surface area contributed by atoms with E-state index in [4.69, 9.17) is 24.7 Å². The number of ketones is 2. The van der Waals surface area contributed by atoms with Crippen LogP contribution in [0.4, 0.5) is 11.4 Å². The first-order valence-electron chi connectivity index (χ1n) is 40.4. The molecular weight excluding hydrogens is 1470 g/mol. The predicted octanol–water partition coefficient (Wildman–Crippen LogP) is 22.3. The van der Waals surface area contributed by atoms with E-state index in [1.54, 1.807) is 66.6 Å². The molecule has 6 aromatic carbocycles. The van der Waals surface area contributed by atoms with Gasteiger partial charge in [0.25, 0.3) is 5.91 Å². The lowest BCUT2D eigenvalue weighted by molar-refractivity contribution is 0.0693. The second-order valence-corrected chi connectivity index (χ2v) is 27.2. The van der Waals surface area contributed by atoms with Crippen LogP contribution in [0.25, 0.3) is 33.8 Å². The van der Waals surface area contributed by atoms with Crippen molar-refractivity contribution in [3.05, 3.63) is 227 Å². The number of carbonyl (C=O) groups excluding carboxylic acids is 3. The van der Waals surface area contributed by atoms with Gasteiger partial charge in [0, 0.05) is 88.9 Å². The van der Waals surface area contributed by atoms with Gasteiger partial charge in [0.2, 0.25) is 0 Å². The third-order valence-corrected chi connectivity index (χ3v) is 19.6. The number of imidazole rings is 2. The Kier molecular flexibility index (Phi) is 43.6. The Balaban J connectivity index is 0.000000248. The van der Waals surface area contributed by atoms with Gasteiger partial charge in [-0.3, -0.25) is 29.1 Å². The van der Waals surface area contributed by atoms with Crippen LogP contribution in [0.1, 0.15) is 229 Å². The number of fused-ring (bicyclic) bond motifs is 2. The fourth-order valence-corrected chi connectivity index (χ4v) is 13.7. The smallest absolute Gasteiger partial charge is 0.336 e. The molecule has 3 saturated heterocycles. The Labute approximate surface area is 676 Å². The van der Waals surface area contributed by atoms with Crippen LogP contribution in [0, 0.1) is 0 Å². The number of alkyl halides is 1. The largest absolute Gasteiger partial charge is 0.497 e. The molecule has 19 heteroatoms. The van der Waals surface area contributed by atoms with Gasteiger partial charge in [-0.2, -0.15) is 0 Å². The summed E-state index contributed by atoms with van der Waals surface area (Å²) in [6.07, 6.45) is 28.2. The summed E-state index contributed by atoms with van der Waals surface area (Å²) in [6.45, 7) is 28.0. The molecule has 112 heavy (non-hydrogen) atoms. The molecular formula is C93H126BrN9O9. The number of piperidine rings is 3. The molecule has 10 aromatic rings. The van der Waals surface area contributed by atoms with Crippen molar-refractivity contribution in [2.75, 3.05) is 78.8 Å². The number of carbonyl (C=O) groups is 4. The number of anilines is 2. The molecule has 4 fully saturated rings. The van der Waals surface area contributed by atoms with E-state index in [0.29, 0.717) is 28.8 Å². The van der Waals surface area contributed by atoms with Crippen molar-refractivity contribution in [1.82, 2.24) is 33.5 Å². The Morgan fingerprint density at radius 2 is 0.723 bits per heavy atom. The number of aromatic carboxylic acids is 1. The molecule has 0 bridgehead atoms. The number of nitrogen functional groups attached to an aromatic ring is 1. The van der Waals surface area contributed by atoms with E-state index in [2.05, 4.69) is 45.9 Å². The number of carboxylic acids is 1. The molecule has 0 atom stereocenters. The lowest BCUT2D eigenvalue weighted by atomic mass is 10.0. The van der Waals surface area contributed by atoms with Gasteiger partial charge in [0.05, 0.1) is 45.4 Å². The van der Waals surface area contributed by atoms with Crippen LogP contribution in [0.15, 0.2) is 183 Å². The van der Waals surface area contributed by atoms with E-state index < -0.39 is 5.97 Å². The Hall–Kier alpha value is -9.66. The maximum atomic E-state index is 13.2. The number of likely N-dealkylation sites (tertiary alicyclic amines) is 3. The number of carboxylic acid groups (broad SMARTS) is 1. The number of amides is 1. The van der Waals surface area contributed by atoms with Gasteiger partial charge in [0.1, 0.15) is 34.3 Å². The summed E-state index contributed by atoms with van der Waals surface area (Å²) in [5.74, 6) is 2.32. The summed E-state index contributed by atoms with van der Waals surface area (Å²) in [4.78, 5) is 63.5. The summed E-state index contributed by atoms with van der Waals surface area (Å²) in [5.41, 5.74) is 19.5. The topological polar surface area (TPSA) is 208 Å². The summed E-state index contributed by atoms with van der Waals surface area (Å²) >= 11 is 3.33. The van der Waals surface area contributed by atoms with E-state index in [-0.39, 0.29) is 17.5 Å². The van der Waals surface area contributed by atoms with Crippen molar-refractivity contribution >= 4 is 62.0 Å². The zero-order valence-corrected chi connectivity index (χ0v) is 70.9. The van der Waals surface area contributed by atoms with Gasteiger partial charge >= 0.3 is 5.97 Å². The van der Waals surface area contributed by atoms with Gasteiger partial charge in [-0.05, 0) is 235 Å². The number of pyridine rings is 2. The molecule has 0 spiro atoms. The molecule has 3 aliphatic heterocycles. The number of nitrogens with two attached hydrogens (primary N) is 1. The number of nitrogens with one attached hydrogen (secondary N) is 1. The van der Waals surface area contributed by atoms with E-state index in [0.717, 1.165) is 148 Å². The molecule has 1 amide bonds. The fourth-order valence-electron chi connectivity index (χ4n) is 13.3. The highest BCUT2D eigenvalue weighted by Gasteiger charge is 2.21. The minimum absolute atomic E-state index is 0.0807. The highest BCUT2D eigenvalue weighted by Crippen LogP contribution is 2.29. The van der Waals surface area contributed by atoms with Crippen molar-refractivity contribution in [1.29, 1.82) is 0 Å². The van der Waals surface area contributed by atoms with Crippen LogP contribution in [0.5, 0.6) is 23.0 Å². The van der Waals surface area contributed by atoms with Crippen LogP contribution in [0.3, 0.4) is 0 Å². The van der Waals surface area contributed by atoms with Gasteiger partial charge in [0.15, 0.2) is 11.6 Å². The van der Waals surface area contributed by atoms with Crippen LogP contribution in [-0.4, -0.2) is 130 Å². The highest BCUT2D eigenvalue weighted by molar-refractivity contribution is 9.08. The zero-order chi connectivity index (χ0) is 81.6. The van der Waals surface area contributed by atoms with Crippen LogP contribution < -0.4 is 30.0 Å². The van der Waals surface area contributed by atoms with Gasteiger partial charge in [-0.1, -0.05) is 166 Å². The lowest BCUT2D eigenvalue weighted by Gasteiger charge is -2.27. The lowest BCUT2D eigenvalue weighted by Crippen LogP contribution is -2.30. The monoisotopic (exact) mass is 1590 g/mol. The average molecular weight is 1590 g/mol. The molecule has 4 aromatic heterocycles. The third kappa shape index (κ3) is 30.4. The first-order valence-corrected chi connectivity index (χ1v) is 41.6. The second-order valence-electron chi connectivity index (χ2n) is 26.6. The number of hydrogen-bond donors (Lipinski definition) is 3. The summed E-state index contributed by atoms with van der Waals surface area (Å²) in [7, 11) is 6.53. The number of methoxy groups -OCH3 is 4. The van der Waals surface area contributed by atoms with E-state index in [1.807, 2.05) is 222 Å². The minimum Gasteiger partial charge on any atom is -0.497 e. The molecule has 4 aliphatic rings. The molecule has 1 aliphatic carbocycles. The van der Waals surface area contributed by atoms with Crippen molar-refractivity contribution in [2.24, 2.45) is 0 Å². The van der Waals surface area contributed by atoms with Gasteiger partial charge in [-0.25, -0.2) is 14.8 Å². The molecule has 0 radical (unpaired) electrons. The average Bonchev–Trinajstić information content (AvgIpc) is 1.64. The number of aromatic nitrogens is 4. The van der Waals surface area contributed by atoms with Crippen LogP contribution >= 0.6 is 15.9 Å². The number of benzene rings is 6. The Morgan fingerprint density at radius 3 is 1.06 bits per heavy atom. The highest BCUT2D eigenvalue weighted by atomic mass is 79.9. The summed E-state index contributed by atoms with van der Waals surface area (Å²) in [5, 5.41) is 12.9. The van der Waals surface area contributed by atoms with Gasteiger partial charge < -0.3 is 43.9 Å². The number of hydrogen-bond acceptors (Lipinski definition) is 14. The zero-order valence-electron chi connectivity index (χ0n) is 69.3. The van der Waals surface area contributed by atoms with Crippen LogP contribution in [0.2, 0.25) is 0 Å². The van der Waals surface area contributed by atoms with Crippen molar-refractivity contribution in [2.45, 2.75) is 191 Å². The van der Waals surface area contributed by atoms with E-state index in [9.17, 15) is 24.3 Å². The molecule has 18 nitrogen and oxygen atoms in total. The summed E-state index contributed by atoms with van der Waals surface area (Å²) in [6, 6.07) is 49.5. The maximum absolute atomic E-state index is 13.2. The van der Waals surface area contributed by atoms with Crippen LogP contribution in [-0.2, 0) is 25.0 Å². The van der Waals surface area contributed by atoms with Gasteiger partial charge in [-0.15, -0.1) is 0 Å². The van der Waals surface area contributed by atoms with E-state index >= 15 is 0 Å². The normalized spacial score (nSPS) is 13.7. The molecule has 1 saturated carbocycles. The third-order valence-electron chi connectivity index (χ3n) is 19.0. The summed E-state index contributed by atoms with van der Waals surface area (Å²) < 4.78 is 24.9. The quantitative estimate of drug-likeness (QED) is 0.0415. The Morgan fingerprint density at radius 1 is 0.411 bits per heavy atom. The number of Topliss-reactive ketones (excluding diaryl/α,β-unsaturated/α-hetero) is 2. The Bertz CT molecular complexity index is 4210. The first-order chi connectivity index (χ1) is 54.6. The van der Waals surface area contributed by atoms with E-state index in [1.165, 1.54) is 96.3 Å². The number of rotatable bonds is 18. The number of halogens is 1. The second kappa shape index (κ2) is 52.6. The van der Waals surface area contributed by atoms with Crippen molar-refractivity contribution in [3.63, 3.8) is 0 Å². The first kappa shape index (κ1) is 92.9. The molecule has 604 valence electrons. The van der Waals surface area contributed by atoms with Crippen molar-refractivity contribution in [3.8, 4) is 45.5 Å².